The molecule has 1 aromatic rings. The van der Waals surface area contributed by atoms with E-state index < -0.39 is 0 Å². The molecule has 1 aliphatic rings. The number of hydrogen-bond acceptors (Lipinski definition) is 4. The van der Waals surface area contributed by atoms with Crippen LogP contribution in [-0.2, 0) is 0 Å². The lowest BCUT2D eigenvalue weighted by Crippen LogP contribution is -2.49. The maximum Gasteiger partial charge on any atom is 0.274 e. The average Bonchev–Trinajstić information content (AvgIpc) is 2.39. The number of hydrogen-bond donors (Lipinski definition) is 0. The topological polar surface area (TPSA) is 49.3 Å². The van der Waals surface area contributed by atoms with E-state index in [1.807, 2.05) is 0 Å². The highest BCUT2D eigenvalue weighted by molar-refractivity contribution is 6.29. The lowest BCUT2D eigenvalue weighted by Gasteiger charge is -2.34. The monoisotopic (exact) mass is 266 g/mol. The normalized spacial score (nSPS) is 16.6. The summed E-state index contributed by atoms with van der Waals surface area (Å²) < 4.78 is 0. The molecule has 18 heavy (non-hydrogen) atoms. The average molecular weight is 267 g/mol. The number of nitrogens with zero attached hydrogens (tertiary/aromatic N) is 4. The Balaban J connectivity index is 1.90. The van der Waals surface area contributed by atoms with Crippen molar-refractivity contribution in [2.75, 3.05) is 32.7 Å². The van der Waals surface area contributed by atoms with Crippen LogP contribution in [0.5, 0.6) is 0 Å². The van der Waals surface area contributed by atoms with Crippen molar-refractivity contribution in [2.45, 2.75) is 0 Å². The number of amides is 1. The van der Waals surface area contributed by atoms with Gasteiger partial charge in [0.25, 0.3) is 5.91 Å². The third kappa shape index (κ3) is 3.27. The predicted octanol–water partition coefficient (Wildman–Crippen LogP) is 0.987. The molecule has 1 fully saturated rings. The Bertz CT molecular complexity index is 429. The zero-order valence-electron chi connectivity index (χ0n) is 10.0. The van der Waals surface area contributed by atoms with Gasteiger partial charge in [0.1, 0.15) is 5.69 Å². The van der Waals surface area contributed by atoms with Gasteiger partial charge in [-0.05, 0) is 0 Å². The molecule has 0 spiro atoms. The molecule has 0 atom stereocenters. The van der Waals surface area contributed by atoms with E-state index in [0.29, 0.717) is 30.4 Å². The van der Waals surface area contributed by atoms with Gasteiger partial charge in [0.2, 0.25) is 0 Å². The first-order valence-electron chi connectivity index (χ1n) is 5.78. The van der Waals surface area contributed by atoms with Crippen LogP contribution < -0.4 is 0 Å². The molecule has 2 heterocycles. The summed E-state index contributed by atoms with van der Waals surface area (Å²) in [6.45, 7) is 7.32. The minimum absolute atomic E-state index is 0.0625. The Morgan fingerprint density at radius 3 is 2.61 bits per heavy atom. The minimum atomic E-state index is -0.0625. The van der Waals surface area contributed by atoms with Crippen LogP contribution in [0.25, 0.3) is 0 Å². The van der Waals surface area contributed by atoms with Crippen LogP contribution in [0.1, 0.15) is 10.5 Å². The molecule has 0 saturated carbocycles. The molecule has 0 N–H and O–H groups in total. The molecule has 1 amide bonds. The summed E-state index contributed by atoms with van der Waals surface area (Å²) in [7, 11) is 0. The zero-order valence-corrected chi connectivity index (χ0v) is 10.8. The van der Waals surface area contributed by atoms with Crippen LogP contribution in [0.3, 0.4) is 0 Å². The molecule has 0 bridgehead atoms. The smallest absolute Gasteiger partial charge is 0.274 e. The summed E-state index contributed by atoms with van der Waals surface area (Å²) in [5, 5.41) is 0.628. The van der Waals surface area contributed by atoms with Gasteiger partial charge < -0.3 is 4.90 Å². The molecule has 5 nitrogen and oxygen atoms in total. The fourth-order valence-electron chi connectivity index (χ4n) is 1.92. The molecule has 1 aliphatic heterocycles. The van der Waals surface area contributed by atoms with Gasteiger partial charge in [-0.15, -0.1) is 0 Å². The molecule has 1 aromatic heterocycles. The van der Waals surface area contributed by atoms with E-state index >= 15 is 0 Å². The minimum Gasteiger partial charge on any atom is -0.335 e. The summed E-state index contributed by atoms with van der Waals surface area (Å²) in [6.07, 6.45) is 4.58. The first kappa shape index (κ1) is 13.0. The Labute approximate surface area is 111 Å². The van der Waals surface area contributed by atoms with Crippen LogP contribution in [0.15, 0.2) is 30.2 Å². The Morgan fingerprint density at radius 2 is 2.06 bits per heavy atom. The highest BCUT2D eigenvalue weighted by atomic mass is 35.5. The molecule has 2 rings (SSSR count). The quantitative estimate of drug-likeness (QED) is 0.819. The summed E-state index contributed by atoms with van der Waals surface area (Å²) in [6, 6.07) is 0. The van der Waals surface area contributed by atoms with Gasteiger partial charge in [-0.25, -0.2) is 4.98 Å². The Kier molecular flexibility index (Phi) is 4.28. The van der Waals surface area contributed by atoms with Gasteiger partial charge in [-0.3, -0.25) is 14.7 Å². The second-order valence-electron chi connectivity index (χ2n) is 4.18. The Hall–Kier alpha value is -1.46. The van der Waals surface area contributed by atoms with E-state index in [9.17, 15) is 4.79 Å². The second kappa shape index (κ2) is 5.93. The van der Waals surface area contributed by atoms with Gasteiger partial charge in [0, 0.05) is 50.1 Å². The summed E-state index contributed by atoms with van der Waals surface area (Å²) in [4.78, 5) is 24.0. The van der Waals surface area contributed by atoms with E-state index in [4.69, 9.17) is 11.6 Å². The van der Waals surface area contributed by atoms with E-state index in [2.05, 4.69) is 21.4 Å². The standard InChI is InChI=1S/C12H15ClN4O/c1-10(13)9-16-4-6-17(7-5-16)12(18)11-8-14-2-3-15-11/h2-3,8H,1,4-7,9H2. The lowest BCUT2D eigenvalue weighted by atomic mass is 10.3. The lowest BCUT2D eigenvalue weighted by molar-refractivity contribution is 0.0643. The van der Waals surface area contributed by atoms with Crippen LogP contribution >= 0.6 is 11.6 Å². The largest absolute Gasteiger partial charge is 0.335 e. The van der Waals surface area contributed by atoms with Crippen molar-refractivity contribution in [3.8, 4) is 0 Å². The molecule has 0 radical (unpaired) electrons. The number of carbonyl (C=O) groups excluding carboxylic acids is 1. The van der Waals surface area contributed by atoms with E-state index in [1.54, 1.807) is 11.1 Å². The van der Waals surface area contributed by atoms with Crippen molar-refractivity contribution in [1.82, 2.24) is 19.8 Å². The fourth-order valence-corrected chi connectivity index (χ4v) is 2.09. The van der Waals surface area contributed by atoms with Crippen molar-refractivity contribution in [3.63, 3.8) is 0 Å². The highest BCUT2D eigenvalue weighted by Gasteiger charge is 2.22. The van der Waals surface area contributed by atoms with Crippen molar-refractivity contribution in [2.24, 2.45) is 0 Å². The fraction of sp³-hybridized carbons (Fsp3) is 0.417. The van der Waals surface area contributed by atoms with Crippen molar-refractivity contribution >= 4 is 17.5 Å². The summed E-state index contributed by atoms with van der Waals surface area (Å²) in [5.41, 5.74) is 0.396. The molecule has 0 aliphatic carbocycles. The van der Waals surface area contributed by atoms with Crippen molar-refractivity contribution < 1.29 is 4.79 Å². The van der Waals surface area contributed by atoms with Gasteiger partial charge in [-0.1, -0.05) is 18.2 Å². The highest BCUT2D eigenvalue weighted by Crippen LogP contribution is 2.08. The SMILES string of the molecule is C=C(Cl)CN1CCN(C(=O)c2cnccn2)CC1. The molecule has 0 unspecified atom stereocenters. The van der Waals surface area contributed by atoms with E-state index in [-0.39, 0.29) is 5.91 Å². The number of rotatable bonds is 3. The van der Waals surface area contributed by atoms with Crippen LogP contribution in [0, 0.1) is 0 Å². The second-order valence-corrected chi connectivity index (χ2v) is 4.71. The molecule has 1 saturated heterocycles. The summed E-state index contributed by atoms with van der Waals surface area (Å²) >= 11 is 5.77. The van der Waals surface area contributed by atoms with Crippen LogP contribution in [0.2, 0.25) is 0 Å². The molecular weight excluding hydrogens is 252 g/mol. The number of carbonyl (C=O) groups is 1. The molecule has 96 valence electrons. The third-order valence-corrected chi connectivity index (χ3v) is 2.96. The first-order chi connectivity index (χ1) is 8.66. The maximum atomic E-state index is 12.1. The van der Waals surface area contributed by atoms with Gasteiger partial charge >= 0.3 is 0 Å². The van der Waals surface area contributed by atoms with E-state index in [0.717, 1.165) is 13.1 Å². The molecule has 6 heteroatoms. The maximum absolute atomic E-state index is 12.1. The van der Waals surface area contributed by atoms with E-state index in [1.165, 1.54) is 12.4 Å². The molecular formula is C12H15ClN4O. The van der Waals surface area contributed by atoms with Gasteiger partial charge in [-0.2, -0.15) is 0 Å². The number of halogens is 1. The van der Waals surface area contributed by atoms with Crippen LogP contribution in [-0.4, -0.2) is 58.4 Å². The van der Waals surface area contributed by atoms with Crippen molar-refractivity contribution in [1.29, 1.82) is 0 Å². The number of aromatic nitrogens is 2. The van der Waals surface area contributed by atoms with Gasteiger partial charge in [0.15, 0.2) is 0 Å². The first-order valence-corrected chi connectivity index (χ1v) is 6.15. The third-order valence-electron chi connectivity index (χ3n) is 2.84. The summed E-state index contributed by atoms with van der Waals surface area (Å²) in [5.74, 6) is -0.0625. The number of piperazine rings is 1. The van der Waals surface area contributed by atoms with Gasteiger partial charge in [0.05, 0.1) is 6.20 Å². The van der Waals surface area contributed by atoms with Crippen molar-refractivity contribution in [3.05, 3.63) is 35.9 Å². The molecule has 0 aromatic carbocycles. The van der Waals surface area contributed by atoms with Crippen LogP contribution in [0.4, 0.5) is 0 Å². The Morgan fingerprint density at radius 1 is 1.33 bits per heavy atom. The predicted molar refractivity (Wildman–Crippen MR) is 69.4 cm³/mol. The zero-order chi connectivity index (χ0) is 13.0.